The molecule has 0 bridgehead atoms. The molecule has 0 aromatic rings. The summed E-state index contributed by atoms with van der Waals surface area (Å²) < 4.78 is 24.7. The molecule has 2 N–H and O–H groups in total. The zero-order valence-electron chi connectivity index (χ0n) is 5.52. The van der Waals surface area contributed by atoms with Gasteiger partial charge in [0, 0.05) is 5.57 Å². The van der Waals surface area contributed by atoms with Gasteiger partial charge < -0.3 is 4.89 Å². The Kier molecular flexibility index (Phi) is 2.45. The Morgan fingerprint density at radius 1 is 1.73 bits per heavy atom. The molecule has 0 atom stereocenters. The van der Waals surface area contributed by atoms with E-state index in [0.717, 1.165) is 0 Å². The van der Waals surface area contributed by atoms with Crippen molar-refractivity contribution in [3.63, 3.8) is 0 Å². The van der Waals surface area contributed by atoms with Gasteiger partial charge >= 0.3 is 10.3 Å². The van der Waals surface area contributed by atoms with Crippen molar-refractivity contribution in [1.82, 2.24) is 0 Å². The van der Waals surface area contributed by atoms with Gasteiger partial charge in [0.1, 0.15) is 12.9 Å². The Bertz CT molecular complexity index is 256. The molecule has 6 nitrogen and oxygen atoms in total. The molecule has 0 fully saturated rings. The van der Waals surface area contributed by atoms with Crippen LogP contribution in [0.2, 0.25) is 0 Å². The normalized spacial score (nSPS) is 17.7. The van der Waals surface area contributed by atoms with E-state index in [1.54, 1.807) is 0 Å². The van der Waals surface area contributed by atoms with Crippen LogP contribution in [0, 0.1) is 0 Å². The van der Waals surface area contributed by atoms with Gasteiger partial charge in [-0.1, -0.05) is 0 Å². The lowest BCUT2D eigenvalue weighted by atomic mass is 10.3. The summed E-state index contributed by atoms with van der Waals surface area (Å²) in [6.07, 6.45) is 1.27. The van der Waals surface area contributed by atoms with Crippen LogP contribution in [0.4, 0.5) is 0 Å². The van der Waals surface area contributed by atoms with Gasteiger partial charge in [0.05, 0.1) is 6.61 Å². The number of hydrogen-bond donors (Lipinski definition) is 1. The van der Waals surface area contributed by atoms with E-state index < -0.39 is 10.3 Å². The van der Waals surface area contributed by atoms with E-state index in [2.05, 4.69) is 19.1 Å². The zero-order chi connectivity index (χ0) is 8.32. The van der Waals surface area contributed by atoms with E-state index in [1.165, 1.54) is 6.26 Å². The molecule has 0 saturated heterocycles. The molecule has 7 heteroatoms. The van der Waals surface area contributed by atoms with Crippen molar-refractivity contribution in [2.75, 3.05) is 13.2 Å². The fourth-order valence-corrected chi connectivity index (χ4v) is 0.795. The fraction of sp³-hybridized carbons (Fsp3) is 0.500. The monoisotopic (exact) mass is 181 g/mol. The second-order valence-corrected chi connectivity index (χ2v) is 3.11. The first kappa shape index (κ1) is 8.47. The minimum Gasteiger partial charge on any atom is -0.345 e. The Morgan fingerprint density at radius 2 is 2.45 bits per heavy atom. The van der Waals surface area contributed by atoms with Crippen LogP contribution in [0.1, 0.15) is 0 Å². The van der Waals surface area contributed by atoms with Crippen LogP contribution in [0.5, 0.6) is 0 Å². The van der Waals surface area contributed by atoms with Gasteiger partial charge in [-0.15, -0.1) is 0 Å². The molecule has 0 saturated carbocycles. The zero-order valence-corrected chi connectivity index (χ0v) is 6.33. The van der Waals surface area contributed by atoms with Crippen LogP contribution in [0.3, 0.4) is 0 Å². The molecular formula is C4H7NO5S. The molecular weight excluding hydrogens is 174 g/mol. The van der Waals surface area contributed by atoms with Crippen molar-refractivity contribution >= 4 is 10.3 Å². The summed E-state index contributed by atoms with van der Waals surface area (Å²) in [4.78, 5) is 8.76. The smallest absolute Gasteiger partial charge is 0.333 e. The molecule has 64 valence electrons. The largest absolute Gasteiger partial charge is 0.345 e. The summed E-state index contributed by atoms with van der Waals surface area (Å²) in [5.74, 6) is 0. The van der Waals surface area contributed by atoms with Crippen molar-refractivity contribution in [3.05, 3.63) is 11.8 Å². The lowest BCUT2D eigenvalue weighted by Gasteiger charge is -1.97. The first-order valence-corrected chi connectivity index (χ1v) is 4.18. The summed E-state index contributed by atoms with van der Waals surface area (Å²) in [7, 11) is -3.86. The van der Waals surface area contributed by atoms with E-state index >= 15 is 0 Å². The van der Waals surface area contributed by atoms with E-state index in [-0.39, 0.29) is 13.2 Å². The van der Waals surface area contributed by atoms with E-state index in [4.69, 9.17) is 0 Å². The predicted molar refractivity (Wildman–Crippen MR) is 34.2 cm³/mol. The Labute approximate surface area is 63.7 Å². The Morgan fingerprint density at radius 3 is 2.91 bits per heavy atom. The second-order valence-electron chi connectivity index (χ2n) is 1.89. The van der Waals surface area contributed by atoms with Crippen LogP contribution < -0.4 is 5.14 Å². The third-order valence-electron chi connectivity index (χ3n) is 0.936. The van der Waals surface area contributed by atoms with Crippen molar-refractivity contribution < 1.29 is 22.4 Å². The fourth-order valence-electron chi connectivity index (χ4n) is 0.479. The quantitative estimate of drug-likeness (QED) is 0.567. The van der Waals surface area contributed by atoms with Crippen LogP contribution in [0.25, 0.3) is 0 Å². The SMILES string of the molecule is NS(=O)(=O)OCC1=COOC1. The lowest BCUT2D eigenvalue weighted by Crippen LogP contribution is -2.17. The average Bonchev–Trinajstić information content (AvgIpc) is 2.32. The Hall–Kier alpha value is -0.630. The molecule has 0 unspecified atom stereocenters. The molecule has 1 heterocycles. The summed E-state index contributed by atoms with van der Waals surface area (Å²) in [6, 6.07) is 0. The first-order valence-electron chi connectivity index (χ1n) is 2.71. The van der Waals surface area contributed by atoms with Crippen molar-refractivity contribution in [2.24, 2.45) is 5.14 Å². The number of nitrogens with two attached hydrogens (primary N) is 1. The van der Waals surface area contributed by atoms with Crippen molar-refractivity contribution in [2.45, 2.75) is 0 Å². The standard InChI is InChI=1S/C4H7NO5S/c5-11(6,7)10-3-4-1-8-9-2-4/h1H,2-3H2,(H2,5,6,7). The summed E-state index contributed by atoms with van der Waals surface area (Å²) >= 11 is 0. The molecule has 11 heavy (non-hydrogen) atoms. The van der Waals surface area contributed by atoms with Gasteiger partial charge in [-0.25, -0.2) is 5.14 Å². The molecule has 0 amide bonds. The van der Waals surface area contributed by atoms with E-state index in [1.807, 2.05) is 0 Å². The minimum atomic E-state index is -3.86. The van der Waals surface area contributed by atoms with Gasteiger partial charge in [-0.05, 0) is 0 Å². The first-order chi connectivity index (χ1) is 5.08. The average molecular weight is 181 g/mol. The summed E-state index contributed by atoms with van der Waals surface area (Å²) in [6.45, 7) is 0.0777. The minimum absolute atomic E-state index is 0.126. The maximum Gasteiger partial charge on any atom is 0.333 e. The van der Waals surface area contributed by atoms with Crippen molar-refractivity contribution in [3.8, 4) is 0 Å². The van der Waals surface area contributed by atoms with Crippen molar-refractivity contribution in [1.29, 1.82) is 0 Å². The van der Waals surface area contributed by atoms with Crippen LogP contribution in [0.15, 0.2) is 11.8 Å². The van der Waals surface area contributed by atoms with Gasteiger partial charge in [-0.3, -0.25) is 4.18 Å². The van der Waals surface area contributed by atoms with E-state index in [0.29, 0.717) is 5.57 Å². The maximum absolute atomic E-state index is 10.2. The van der Waals surface area contributed by atoms with E-state index in [9.17, 15) is 8.42 Å². The molecule has 1 rings (SSSR count). The highest BCUT2D eigenvalue weighted by Crippen LogP contribution is 2.06. The summed E-state index contributed by atoms with van der Waals surface area (Å²) in [5, 5.41) is 4.55. The van der Waals surface area contributed by atoms with Crippen LogP contribution in [-0.2, 0) is 24.3 Å². The van der Waals surface area contributed by atoms with Crippen LogP contribution >= 0.6 is 0 Å². The van der Waals surface area contributed by atoms with Gasteiger partial charge in [-0.2, -0.15) is 13.3 Å². The Balaban J connectivity index is 2.33. The van der Waals surface area contributed by atoms with Gasteiger partial charge in [0.25, 0.3) is 0 Å². The highest BCUT2D eigenvalue weighted by Gasteiger charge is 2.10. The maximum atomic E-state index is 10.2. The molecule has 0 aromatic carbocycles. The lowest BCUT2D eigenvalue weighted by molar-refractivity contribution is -0.222. The molecule has 0 aromatic heterocycles. The molecule has 0 radical (unpaired) electrons. The van der Waals surface area contributed by atoms with Gasteiger partial charge in [0.15, 0.2) is 0 Å². The third kappa shape index (κ3) is 3.33. The molecule has 1 aliphatic heterocycles. The number of hydrogen-bond acceptors (Lipinski definition) is 5. The third-order valence-corrected chi connectivity index (χ3v) is 1.38. The second kappa shape index (κ2) is 3.18. The summed E-state index contributed by atoms with van der Waals surface area (Å²) in [5.41, 5.74) is 0.582. The van der Waals surface area contributed by atoms with Gasteiger partial charge in [0.2, 0.25) is 0 Å². The molecule has 0 spiro atoms. The highest BCUT2D eigenvalue weighted by atomic mass is 32.2. The molecule has 1 aliphatic rings. The van der Waals surface area contributed by atoms with Crippen LogP contribution in [-0.4, -0.2) is 21.6 Å². The topological polar surface area (TPSA) is 87.9 Å². The highest BCUT2D eigenvalue weighted by molar-refractivity contribution is 7.84. The number of rotatable bonds is 3. The predicted octanol–water partition coefficient (Wildman–Crippen LogP) is -0.948. The molecule has 0 aliphatic carbocycles.